The molecule has 21 heavy (non-hydrogen) atoms. The lowest BCUT2D eigenvalue weighted by molar-refractivity contribution is 0.598. The van der Waals surface area contributed by atoms with Crippen LogP contribution in [0.4, 0.5) is 10.1 Å². The molecule has 0 bridgehead atoms. The first-order valence-electron chi connectivity index (χ1n) is 6.81. The van der Waals surface area contributed by atoms with E-state index in [4.69, 9.17) is 0 Å². The molecule has 0 unspecified atom stereocenters. The number of anilines is 1. The van der Waals surface area contributed by atoms with Gasteiger partial charge in [0.25, 0.3) is 10.0 Å². The van der Waals surface area contributed by atoms with Crippen LogP contribution in [0.2, 0.25) is 0 Å². The molecule has 5 heteroatoms. The van der Waals surface area contributed by atoms with E-state index in [1.807, 2.05) is 0 Å². The maximum Gasteiger partial charge on any atom is 0.261 e. The SMILES string of the molecule is CC[C@H](C)c1ccc(S(=O)(=O)Nc2ccccc2F)cc1. The highest BCUT2D eigenvalue weighted by molar-refractivity contribution is 7.92. The minimum absolute atomic E-state index is 0.0523. The van der Waals surface area contributed by atoms with E-state index in [2.05, 4.69) is 18.6 Å². The van der Waals surface area contributed by atoms with Crippen LogP contribution >= 0.6 is 0 Å². The summed E-state index contributed by atoms with van der Waals surface area (Å²) in [5, 5.41) is 0. The summed E-state index contributed by atoms with van der Waals surface area (Å²) < 4.78 is 40.2. The monoisotopic (exact) mass is 307 g/mol. The van der Waals surface area contributed by atoms with Gasteiger partial charge in [0, 0.05) is 0 Å². The molecule has 2 aromatic carbocycles. The third-order valence-electron chi connectivity index (χ3n) is 3.49. The summed E-state index contributed by atoms with van der Waals surface area (Å²) >= 11 is 0. The van der Waals surface area contributed by atoms with E-state index in [-0.39, 0.29) is 10.6 Å². The largest absolute Gasteiger partial charge is 0.277 e. The molecule has 0 aliphatic heterocycles. The van der Waals surface area contributed by atoms with Crippen LogP contribution in [0.1, 0.15) is 31.7 Å². The van der Waals surface area contributed by atoms with Gasteiger partial charge in [-0.25, -0.2) is 12.8 Å². The third-order valence-corrected chi connectivity index (χ3v) is 4.87. The molecule has 0 amide bonds. The number of nitrogens with one attached hydrogen (secondary N) is 1. The highest BCUT2D eigenvalue weighted by Crippen LogP contribution is 2.22. The Morgan fingerprint density at radius 1 is 1.10 bits per heavy atom. The van der Waals surface area contributed by atoms with Crippen molar-refractivity contribution in [3.05, 3.63) is 59.9 Å². The molecule has 0 fully saturated rings. The normalized spacial score (nSPS) is 12.9. The Bertz CT molecular complexity index is 711. The van der Waals surface area contributed by atoms with Crippen molar-refractivity contribution >= 4 is 15.7 Å². The lowest BCUT2D eigenvalue weighted by atomic mass is 9.99. The van der Waals surface area contributed by atoms with Gasteiger partial charge in [0.05, 0.1) is 10.6 Å². The number of para-hydroxylation sites is 1. The Balaban J connectivity index is 2.26. The maximum atomic E-state index is 13.5. The molecule has 0 saturated heterocycles. The highest BCUT2D eigenvalue weighted by Gasteiger charge is 2.16. The molecule has 2 aromatic rings. The quantitative estimate of drug-likeness (QED) is 0.902. The summed E-state index contributed by atoms with van der Waals surface area (Å²) in [6.45, 7) is 4.16. The van der Waals surface area contributed by atoms with Gasteiger partial charge in [0.1, 0.15) is 5.82 Å². The first-order valence-corrected chi connectivity index (χ1v) is 8.29. The number of hydrogen-bond acceptors (Lipinski definition) is 2. The number of hydrogen-bond donors (Lipinski definition) is 1. The Morgan fingerprint density at radius 2 is 1.71 bits per heavy atom. The van der Waals surface area contributed by atoms with Gasteiger partial charge in [0.15, 0.2) is 0 Å². The Morgan fingerprint density at radius 3 is 2.29 bits per heavy atom. The second-order valence-corrected chi connectivity index (χ2v) is 6.65. The van der Waals surface area contributed by atoms with E-state index in [9.17, 15) is 12.8 Å². The summed E-state index contributed by atoms with van der Waals surface area (Å²) in [5.74, 6) is -0.224. The van der Waals surface area contributed by atoms with Crippen molar-refractivity contribution in [2.45, 2.75) is 31.1 Å². The molecule has 0 heterocycles. The fourth-order valence-corrected chi connectivity index (χ4v) is 3.03. The lowest BCUT2D eigenvalue weighted by Crippen LogP contribution is -2.14. The molecule has 0 saturated carbocycles. The summed E-state index contributed by atoms with van der Waals surface area (Å²) in [5.41, 5.74) is 1.03. The lowest BCUT2D eigenvalue weighted by Gasteiger charge is -2.11. The molecule has 1 atom stereocenters. The van der Waals surface area contributed by atoms with E-state index in [0.717, 1.165) is 12.0 Å². The Kier molecular flexibility index (Phi) is 4.63. The van der Waals surface area contributed by atoms with Gasteiger partial charge < -0.3 is 0 Å². The predicted molar refractivity (Wildman–Crippen MR) is 82.4 cm³/mol. The Labute approximate surface area is 124 Å². The maximum absolute atomic E-state index is 13.5. The summed E-state index contributed by atoms with van der Waals surface area (Å²) in [4.78, 5) is 0.123. The summed E-state index contributed by atoms with van der Waals surface area (Å²) in [6, 6.07) is 12.4. The third kappa shape index (κ3) is 3.61. The standard InChI is InChI=1S/C16H18FNO2S/c1-3-12(2)13-8-10-14(11-9-13)21(19,20)18-16-7-5-4-6-15(16)17/h4-12,18H,3H2,1-2H3/t12-/m0/s1. The van der Waals surface area contributed by atoms with Gasteiger partial charge in [-0.1, -0.05) is 38.1 Å². The molecule has 112 valence electrons. The van der Waals surface area contributed by atoms with Gasteiger partial charge >= 0.3 is 0 Å². The van der Waals surface area contributed by atoms with Crippen molar-refractivity contribution in [3.8, 4) is 0 Å². The number of benzene rings is 2. The average Bonchev–Trinajstić information content (AvgIpc) is 2.49. The number of halogens is 1. The molecule has 0 aliphatic carbocycles. The van der Waals surface area contributed by atoms with Crippen LogP contribution in [0.25, 0.3) is 0 Å². The van der Waals surface area contributed by atoms with Crippen LogP contribution in [0.3, 0.4) is 0 Å². The van der Waals surface area contributed by atoms with Crippen molar-refractivity contribution in [3.63, 3.8) is 0 Å². The van der Waals surface area contributed by atoms with Crippen LogP contribution in [-0.2, 0) is 10.0 Å². The molecule has 1 N–H and O–H groups in total. The molecular formula is C16H18FNO2S. The van der Waals surface area contributed by atoms with Crippen molar-refractivity contribution in [1.82, 2.24) is 0 Å². The van der Waals surface area contributed by atoms with Gasteiger partial charge in [-0.2, -0.15) is 0 Å². The average molecular weight is 307 g/mol. The zero-order valence-corrected chi connectivity index (χ0v) is 12.8. The topological polar surface area (TPSA) is 46.2 Å². The van der Waals surface area contributed by atoms with Crippen molar-refractivity contribution in [2.75, 3.05) is 4.72 Å². The number of rotatable bonds is 5. The van der Waals surface area contributed by atoms with E-state index in [1.165, 1.54) is 18.2 Å². The molecule has 3 nitrogen and oxygen atoms in total. The van der Waals surface area contributed by atoms with Crippen LogP contribution in [0.15, 0.2) is 53.4 Å². The second kappa shape index (κ2) is 6.26. The van der Waals surface area contributed by atoms with Crippen LogP contribution in [0.5, 0.6) is 0 Å². The molecule has 0 aromatic heterocycles. The zero-order chi connectivity index (χ0) is 15.5. The molecule has 2 rings (SSSR count). The number of sulfonamides is 1. The summed E-state index contributed by atoms with van der Waals surface area (Å²) in [6.07, 6.45) is 0.986. The molecule has 0 radical (unpaired) electrons. The second-order valence-electron chi connectivity index (χ2n) is 4.96. The fraction of sp³-hybridized carbons (Fsp3) is 0.250. The minimum atomic E-state index is -3.78. The molecular weight excluding hydrogens is 289 g/mol. The first-order chi connectivity index (χ1) is 9.94. The smallest absolute Gasteiger partial charge is 0.261 e. The van der Waals surface area contributed by atoms with E-state index < -0.39 is 15.8 Å². The fourth-order valence-electron chi connectivity index (χ4n) is 1.96. The van der Waals surface area contributed by atoms with Crippen molar-refractivity contribution in [2.24, 2.45) is 0 Å². The minimum Gasteiger partial charge on any atom is -0.277 e. The van der Waals surface area contributed by atoms with Gasteiger partial charge in [-0.05, 0) is 42.2 Å². The first kappa shape index (κ1) is 15.5. The van der Waals surface area contributed by atoms with Crippen LogP contribution in [0, 0.1) is 5.82 Å². The highest BCUT2D eigenvalue weighted by atomic mass is 32.2. The van der Waals surface area contributed by atoms with Gasteiger partial charge in [0.2, 0.25) is 0 Å². The van der Waals surface area contributed by atoms with E-state index in [0.29, 0.717) is 5.92 Å². The summed E-state index contributed by atoms with van der Waals surface area (Å²) in [7, 11) is -3.78. The van der Waals surface area contributed by atoms with Crippen LogP contribution < -0.4 is 4.72 Å². The van der Waals surface area contributed by atoms with Crippen LogP contribution in [-0.4, -0.2) is 8.42 Å². The van der Waals surface area contributed by atoms with Crippen molar-refractivity contribution in [1.29, 1.82) is 0 Å². The predicted octanol–water partition coefficient (Wildman–Crippen LogP) is 4.14. The zero-order valence-electron chi connectivity index (χ0n) is 12.0. The van der Waals surface area contributed by atoms with Gasteiger partial charge in [-0.3, -0.25) is 4.72 Å². The van der Waals surface area contributed by atoms with E-state index in [1.54, 1.807) is 30.3 Å². The van der Waals surface area contributed by atoms with Gasteiger partial charge in [-0.15, -0.1) is 0 Å². The molecule has 0 spiro atoms. The Hall–Kier alpha value is -1.88. The molecule has 0 aliphatic rings. The van der Waals surface area contributed by atoms with E-state index >= 15 is 0 Å². The van der Waals surface area contributed by atoms with Crippen molar-refractivity contribution < 1.29 is 12.8 Å².